The van der Waals surface area contributed by atoms with Gasteiger partial charge < -0.3 is 10.0 Å². The third-order valence-corrected chi connectivity index (χ3v) is 3.76. The van der Waals surface area contributed by atoms with Crippen molar-refractivity contribution in [1.82, 2.24) is 4.90 Å². The SMILES string of the molecule is N#Cc1ccc(N2CCCN(CCO)CC2)cc1Cl. The van der Waals surface area contributed by atoms with Gasteiger partial charge in [-0.05, 0) is 31.2 Å². The smallest absolute Gasteiger partial charge is 0.101 e. The zero-order chi connectivity index (χ0) is 13.7. The molecule has 1 aliphatic heterocycles. The molecule has 1 N–H and O–H groups in total. The van der Waals surface area contributed by atoms with Gasteiger partial charge in [-0.3, -0.25) is 4.90 Å². The average Bonchev–Trinajstić information content (AvgIpc) is 2.65. The Hall–Kier alpha value is -1.28. The number of benzene rings is 1. The number of rotatable bonds is 3. The summed E-state index contributed by atoms with van der Waals surface area (Å²) in [6.45, 7) is 4.80. The third kappa shape index (κ3) is 3.60. The highest BCUT2D eigenvalue weighted by Crippen LogP contribution is 2.24. The van der Waals surface area contributed by atoms with Crippen molar-refractivity contribution < 1.29 is 5.11 Å². The predicted molar refractivity (Wildman–Crippen MR) is 76.5 cm³/mol. The molecule has 0 aliphatic carbocycles. The van der Waals surface area contributed by atoms with Gasteiger partial charge in [0, 0.05) is 31.9 Å². The van der Waals surface area contributed by atoms with E-state index < -0.39 is 0 Å². The van der Waals surface area contributed by atoms with Gasteiger partial charge in [-0.1, -0.05) is 11.6 Å². The summed E-state index contributed by atoms with van der Waals surface area (Å²) < 4.78 is 0. The lowest BCUT2D eigenvalue weighted by Crippen LogP contribution is -2.32. The van der Waals surface area contributed by atoms with Crippen LogP contribution in [0.4, 0.5) is 5.69 Å². The van der Waals surface area contributed by atoms with E-state index in [4.69, 9.17) is 22.0 Å². The van der Waals surface area contributed by atoms with Crippen LogP contribution in [0.5, 0.6) is 0 Å². The molecule has 1 saturated heterocycles. The number of halogens is 1. The second kappa shape index (κ2) is 6.76. The van der Waals surface area contributed by atoms with Crippen LogP contribution in [0.15, 0.2) is 18.2 Å². The number of nitrogens with zero attached hydrogens (tertiary/aromatic N) is 3. The summed E-state index contributed by atoms with van der Waals surface area (Å²) in [5, 5.41) is 18.4. The Morgan fingerprint density at radius 3 is 2.79 bits per heavy atom. The lowest BCUT2D eigenvalue weighted by atomic mass is 10.2. The molecule has 0 radical (unpaired) electrons. The van der Waals surface area contributed by atoms with Crippen LogP contribution in [0, 0.1) is 11.3 Å². The van der Waals surface area contributed by atoms with Gasteiger partial charge in [-0.25, -0.2) is 0 Å². The van der Waals surface area contributed by atoms with Crippen molar-refractivity contribution >= 4 is 17.3 Å². The first kappa shape index (κ1) is 14.1. The summed E-state index contributed by atoms with van der Waals surface area (Å²) in [5.41, 5.74) is 1.58. The molecule has 0 unspecified atom stereocenters. The van der Waals surface area contributed by atoms with Gasteiger partial charge in [0.05, 0.1) is 17.2 Å². The number of hydrogen-bond donors (Lipinski definition) is 1. The second-order valence-corrected chi connectivity index (χ2v) is 5.09. The molecule has 1 aromatic rings. The van der Waals surface area contributed by atoms with E-state index in [1.165, 1.54) is 0 Å². The summed E-state index contributed by atoms with van der Waals surface area (Å²) in [4.78, 5) is 4.55. The maximum atomic E-state index is 8.98. The van der Waals surface area contributed by atoms with E-state index in [1.54, 1.807) is 6.07 Å². The molecule has 0 spiro atoms. The highest BCUT2D eigenvalue weighted by atomic mass is 35.5. The van der Waals surface area contributed by atoms with E-state index in [1.807, 2.05) is 12.1 Å². The third-order valence-electron chi connectivity index (χ3n) is 3.44. The Labute approximate surface area is 118 Å². The van der Waals surface area contributed by atoms with Crippen LogP contribution in [0.2, 0.25) is 5.02 Å². The van der Waals surface area contributed by atoms with Crippen LogP contribution >= 0.6 is 11.6 Å². The van der Waals surface area contributed by atoms with E-state index in [9.17, 15) is 0 Å². The Bertz CT molecular complexity index is 472. The first-order valence-electron chi connectivity index (χ1n) is 6.52. The van der Waals surface area contributed by atoms with E-state index >= 15 is 0 Å². The zero-order valence-corrected chi connectivity index (χ0v) is 11.6. The molecule has 0 aromatic heterocycles. The monoisotopic (exact) mass is 279 g/mol. The number of β-amino-alcohol motifs (C(OH)–C–C–N with tert-alkyl or cyclic N) is 1. The van der Waals surface area contributed by atoms with Crippen molar-refractivity contribution in [3.05, 3.63) is 28.8 Å². The van der Waals surface area contributed by atoms with Gasteiger partial charge in [0.25, 0.3) is 0 Å². The molecular weight excluding hydrogens is 262 g/mol. The van der Waals surface area contributed by atoms with Crippen molar-refractivity contribution in [1.29, 1.82) is 5.26 Å². The zero-order valence-electron chi connectivity index (χ0n) is 10.8. The molecular formula is C14H18ClN3O. The van der Waals surface area contributed by atoms with Crippen LogP contribution in [0.1, 0.15) is 12.0 Å². The average molecular weight is 280 g/mol. The van der Waals surface area contributed by atoms with Crippen molar-refractivity contribution in [2.75, 3.05) is 44.2 Å². The molecule has 0 amide bonds. The largest absolute Gasteiger partial charge is 0.395 e. The molecule has 1 aromatic carbocycles. The van der Waals surface area contributed by atoms with Gasteiger partial charge in [-0.15, -0.1) is 0 Å². The molecule has 0 atom stereocenters. The molecule has 2 rings (SSSR count). The molecule has 4 nitrogen and oxygen atoms in total. The minimum atomic E-state index is 0.211. The summed E-state index contributed by atoms with van der Waals surface area (Å²) in [5.74, 6) is 0. The van der Waals surface area contributed by atoms with E-state index in [2.05, 4.69) is 15.9 Å². The van der Waals surface area contributed by atoms with E-state index in [0.29, 0.717) is 10.6 Å². The van der Waals surface area contributed by atoms with Gasteiger partial charge in [0.1, 0.15) is 6.07 Å². The van der Waals surface area contributed by atoms with Gasteiger partial charge in [0.2, 0.25) is 0 Å². The van der Waals surface area contributed by atoms with E-state index in [-0.39, 0.29) is 6.61 Å². The standard InChI is InChI=1S/C14H18ClN3O/c15-14-10-13(3-2-12(14)11-16)18-5-1-4-17(6-7-18)8-9-19/h2-3,10,19H,1,4-9H2. The maximum Gasteiger partial charge on any atom is 0.101 e. The van der Waals surface area contributed by atoms with Gasteiger partial charge >= 0.3 is 0 Å². The number of anilines is 1. The van der Waals surface area contributed by atoms with Crippen molar-refractivity contribution in [2.24, 2.45) is 0 Å². The molecule has 1 heterocycles. The van der Waals surface area contributed by atoms with Crippen molar-refractivity contribution in [3.63, 3.8) is 0 Å². The minimum absolute atomic E-state index is 0.211. The molecule has 102 valence electrons. The Morgan fingerprint density at radius 2 is 2.11 bits per heavy atom. The first-order valence-corrected chi connectivity index (χ1v) is 6.90. The normalized spacial score (nSPS) is 17.0. The fraction of sp³-hybridized carbons (Fsp3) is 0.500. The number of hydrogen-bond acceptors (Lipinski definition) is 4. The van der Waals surface area contributed by atoms with E-state index in [0.717, 1.165) is 44.8 Å². The fourth-order valence-corrected chi connectivity index (χ4v) is 2.60. The molecule has 1 aliphatic rings. The Kier molecular flexibility index (Phi) is 5.03. The number of aliphatic hydroxyl groups excluding tert-OH is 1. The predicted octanol–water partition coefficient (Wildman–Crippen LogP) is 1.72. The summed E-state index contributed by atoms with van der Waals surface area (Å²) in [7, 11) is 0. The van der Waals surface area contributed by atoms with Crippen LogP contribution in [0.25, 0.3) is 0 Å². The highest BCUT2D eigenvalue weighted by Gasteiger charge is 2.15. The van der Waals surface area contributed by atoms with Crippen LogP contribution < -0.4 is 4.90 Å². The van der Waals surface area contributed by atoms with Crippen LogP contribution in [-0.4, -0.2) is 49.3 Å². The Morgan fingerprint density at radius 1 is 1.26 bits per heavy atom. The number of aliphatic hydroxyl groups is 1. The lowest BCUT2D eigenvalue weighted by molar-refractivity contribution is 0.204. The highest BCUT2D eigenvalue weighted by molar-refractivity contribution is 6.32. The van der Waals surface area contributed by atoms with Gasteiger partial charge in [-0.2, -0.15) is 5.26 Å². The summed E-state index contributed by atoms with van der Waals surface area (Å²) >= 11 is 6.08. The lowest BCUT2D eigenvalue weighted by Gasteiger charge is -2.23. The van der Waals surface area contributed by atoms with Crippen molar-refractivity contribution in [3.8, 4) is 6.07 Å². The van der Waals surface area contributed by atoms with Gasteiger partial charge in [0.15, 0.2) is 0 Å². The molecule has 0 saturated carbocycles. The molecule has 5 heteroatoms. The summed E-state index contributed by atoms with van der Waals surface area (Å²) in [6.07, 6.45) is 1.07. The van der Waals surface area contributed by atoms with Crippen molar-refractivity contribution in [2.45, 2.75) is 6.42 Å². The Balaban J connectivity index is 2.06. The van der Waals surface area contributed by atoms with Crippen LogP contribution in [-0.2, 0) is 0 Å². The first-order chi connectivity index (χ1) is 9.24. The second-order valence-electron chi connectivity index (χ2n) is 4.68. The summed E-state index contributed by atoms with van der Waals surface area (Å²) in [6, 6.07) is 7.66. The maximum absolute atomic E-state index is 8.98. The topological polar surface area (TPSA) is 50.5 Å². The molecule has 1 fully saturated rings. The molecule has 19 heavy (non-hydrogen) atoms. The number of nitriles is 1. The molecule has 0 bridgehead atoms. The fourth-order valence-electron chi connectivity index (χ4n) is 2.39. The minimum Gasteiger partial charge on any atom is -0.395 e. The quantitative estimate of drug-likeness (QED) is 0.915. The van der Waals surface area contributed by atoms with Crippen LogP contribution in [0.3, 0.4) is 0 Å².